The number of furan rings is 1. The molecule has 37 heavy (non-hydrogen) atoms. The van der Waals surface area contributed by atoms with Crippen molar-refractivity contribution in [2.75, 3.05) is 10.6 Å². The molecule has 4 rings (SSSR count). The Bertz CT molecular complexity index is 1280. The van der Waals surface area contributed by atoms with Crippen LogP contribution in [0.15, 0.2) is 47.0 Å². The third kappa shape index (κ3) is 7.13. The van der Waals surface area contributed by atoms with Crippen LogP contribution in [0.3, 0.4) is 0 Å². The smallest absolute Gasteiger partial charge is 0.412 e. The quantitative estimate of drug-likeness (QED) is 0.363. The van der Waals surface area contributed by atoms with Crippen LogP contribution in [0, 0.1) is 0 Å². The Morgan fingerprint density at radius 2 is 1.73 bits per heavy atom. The number of carbonyl (C=O) groups excluding carboxylic acids is 3. The molecule has 3 N–H and O–H groups in total. The van der Waals surface area contributed by atoms with Crippen LogP contribution in [0.5, 0.6) is 0 Å². The van der Waals surface area contributed by atoms with Crippen molar-refractivity contribution >= 4 is 52.2 Å². The van der Waals surface area contributed by atoms with Crippen LogP contribution >= 0.6 is 11.6 Å². The summed E-state index contributed by atoms with van der Waals surface area (Å²) in [5.74, 6) is -0.393. The minimum Gasteiger partial charge on any atom is -0.449 e. The van der Waals surface area contributed by atoms with Crippen molar-refractivity contribution in [3.05, 3.63) is 53.4 Å². The van der Waals surface area contributed by atoms with Gasteiger partial charge in [0.05, 0.1) is 5.02 Å². The highest BCUT2D eigenvalue weighted by Crippen LogP contribution is 2.32. The fraction of sp³-hybridized carbons (Fsp3) is 0.385. The lowest BCUT2D eigenvalue weighted by molar-refractivity contribution is 0.0440. The lowest BCUT2D eigenvalue weighted by Gasteiger charge is -2.29. The first-order valence-electron chi connectivity index (χ1n) is 12.0. The van der Waals surface area contributed by atoms with Crippen LogP contribution < -0.4 is 16.0 Å². The molecule has 1 aliphatic rings. The molecule has 2 aromatic heterocycles. The zero-order valence-electron chi connectivity index (χ0n) is 20.8. The number of ether oxygens (including phenoxy) is 2. The summed E-state index contributed by atoms with van der Waals surface area (Å²) in [5, 5.41) is 9.16. The molecule has 3 aromatic rings. The minimum atomic E-state index is -0.700. The van der Waals surface area contributed by atoms with Gasteiger partial charge in [0.1, 0.15) is 28.8 Å². The van der Waals surface area contributed by atoms with E-state index in [0.717, 1.165) is 0 Å². The summed E-state index contributed by atoms with van der Waals surface area (Å²) in [5.41, 5.74) is 0.0639. The molecule has 3 amide bonds. The third-order valence-corrected chi connectivity index (χ3v) is 5.89. The Balaban J connectivity index is 1.38. The van der Waals surface area contributed by atoms with E-state index in [1.165, 1.54) is 6.20 Å². The van der Waals surface area contributed by atoms with Gasteiger partial charge in [0.2, 0.25) is 5.76 Å². The van der Waals surface area contributed by atoms with Crippen molar-refractivity contribution in [3.8, 4) is 0 Å². The van der Waals surface area contributed by atoms with Gasteiger partial charge in [-0.25, -0.2) is 14.6 Å². The number of hydrogen-bond donors (Lipinski definition) is 3. The number of hydrogen-bond acceptors (Lipinski definition) is 7. The van der Waals surface area contributed by atoms with Gasteiger partial charge in [-0.05, 0) is 70.7 Å². The molecule has 0 bridgehead atoms. The monoisotopic (exact) mass is 528 g/mol. The number of benzene rings is 1. The van der Waals surface area contributed by atoms with Gasteiger partial charge in [-0.15, -0.1) is 0 Å². The molecular weight excluding hydrogens is 500 g/mol. The zero-order valence-corrected chi connectivity index (χ0v) is 21.6. The topological polar surface area (TPSA) is 132 Å². The molecular formula is C26H29ClN4O6. The SMILES string of the molecule is CC(C)(C)OC(=O)N[C@H]1CC[C@H](OC(=O)Nc2c(C(=O)Nc3ccc(Cl)cn3)oc3ccccc23)CC1. The summed E-state index contributed by atoms with van der Waals surface area (Å²) in [6, 6.07) is 10.1. The van der Waals surface area contributed by atoms with E-state index in [1.807, 2.05) is 20.8 Å². The van der Waals surface area contributed by atoms with Gasteiger partial charge in [0.15, 0.2) is 0 Å². The fourth-order valence-electron chi connectivity index (χ4n) is 4.03. The predicted molar refractivity (Wildman–Crippen MR) is 139 cm³/mol. The summed E-state index contributed by atoms with van der Waals surface area (Å²) in [4.78, 5) is 41.8. The molecule has 1 fully saturated rings. The molecule has 2 heterocycles. The highest BCUT2D eigenvalue weighted by atomic mass is 35.5. The molecule has 0 aliphatic heterocycles. The van der Waals surface area contributed by atoms with Crippen molar-refractivity contribution < 1.29 is 28.3 Å². The van der Waals surface area contributed by atoms with E-state index in [0.29, 0.717) is 41.7 Å². The fourth-order valence-corrected chi connectivity index (χ4v) is 4.15. The average Bonchev–Trinajstić information content (AvgIpc) is 3.19. The summed E-state index contributed by atoms with van der Waals surface area (Å²) < 4.78 is 16.7. The molecule has 0 atom stereocenters. The van der Waals surface area contributed by atoms with Crippen molar-refractivity contribution in [3.63, 3.8) is 0 Å². The molecule has 0 spiro atoms. The van der Waals surface area contributed by atoms with Gasteiger partial charge in [-0.3, -0.25) is 10.1 Å². The van der Waals surface area contributed by atoms with Crippen LogP contribution in [0.4, 0.5) is 21.1 Å². The van der Waals surface area contributed by atoms with Crippen molar-refractivity contribution in [1.82, 2.24) is 10.3 Å². The number of amides is 3. The van der Waals surface area contributed by atoms with Crippen molar-refractivity contribution in [1.29, 1.82) is 0 Å². The number of alkyl carbamates (subject to hydrolysis) is 1. The number of halogens is 1. The number of anilines is 2. The molecule has 11 heteroatoms. The van der Waals surface area contributed by atoms with Crippen LogP contribution in [-0.2, 0) is 9.47 Å². The maximum absolute atomic E-state index is 13.0. The van der Waals surface area contributed by atoms with E-state index in [1.54, 1.807) is 36.4 Å². The number of fused-ring (bicyclic) bond motifs is 1. The maximum atomic E-state index is 13.0. The number of para-hydroxylation sites is 1. The van der Waals surface area contributed by atoms with E-state index in [4.69, 9.17) is 25.5 Å². The van der Waals surface area contributed by atoms with E-state index in [9.17, 15) is 14.4 Å². The standard InChI is InChI=1S/C26H29ClN4O6/c1-26(2,3)37-25(34)29-16-9-11-17(12-10-16)35-24(33)31-21-18-6-4-5-7-19(18)36-22(21)23(32)30-20-13-8-15(27)14-28-20/h4-8,13-14,16-17H,9-12H2,1-3H3,(H,29,34)(H,31,33)(H,28,30,32)/t16-,17-. The lowest BCUT2D eigenvalue weighted by atomic mass is 9.93. The zero-order chi connectivity index (χ0) is 26.6. The molecule has 196 valence electrons. The first-order valence-corrected chi connectivity index (χ1v) is 12.4. The van der Waals surface area contributed by atoms with Gasteiger partial charge < -0.3 is 24.5 Å². The normalized spacial score (nSPS) is 17.6. The second kappa shape index (κ2) is 11.1. The first kappa shape index (κ1) is 26.3. The molecule has 1 aliphatic carbocycles. The molecule has 0 unspecified atom stereocenters. The Morgan fingerprint density at radius 1 is 1.00 bits per heavy atom. The highest BCUT2D eigenvalue weighted by Gasteiger charge is 2.28. The molecule has 1 aromatic carbocycles. The van der Waals surface area contributed by atoms with Crippen molar-refractivity contribution in [2.24, 2.45) is 0 Å². The summed E-state index contributed by atoms with van der Waals surface area (Å²) in [7, 11) is 0. The van der Waals surface area contributed by atoms with Gasteiger partial charge in [-0.2, -0.15) is 0 Å². The summed E-state index contributed by atoms with van der Waals surface area (Å²) >= 11 is 5.86. The number of aromatic nitrogens is 1. The van der Waals surface area contributed by atoms with Crippen LogP contribution in [0.2, 0.25) is 5.02 Å². The molecule has 0 radical (unpaired) electrons. The number of carbonyl (C=O) groups is 3. The third-order valence-electron chi connectivity index (χ3n) is 5.67. The van der Waals surface area contributed by atoms with Gasteiger partial charge in [0, 0.05) is 17.6 Å². The average molecular weight is 529 g/mol. The van der Waals surface area contributed by atoms with Gasteiger partial charge >= 0.3 is 12.2 Å². The molecule has 10 nitrogen and oxygen atoms in total. The lowest BCUT2D eigenvalue weighted by Crippen LogP contribution is -2.42. The summed E-state index contributed by atoms with van der Waals surface area (Å²) in [6.07, 6.45) is 2.37. The Morgan fingerprint density at radius 3 is 2.41 bits per heavy atom. The minimum absolute atomic E-state index is 0.0487. The molecule has 1 saturated carbocycles. The Kier molecular flexibility index (Phi) is 7.87. The molecule has 0 saturated heterocycles. The second-order valence-electron chi connectivity index (χ2n) is 9.77. The highest BCUT2D eigenvalue weighted by molar-refractivity contribution is 6.30. The van der Waals surface area contributed by atoms with Crippen molar-refractivity contribution in [2.45, 2.75) is 64.2 Å². The van der Waals surface area contributed by atoms with Crippen LogP contribution in [0.25, 0.3) is 11.0 Å². The number of nitrogens with zero attached hydrogens (tertiary/aromatic N) is 1. The van der Waals surface area contributed by atoms with E-state index in [2.05, 4.69) is 20.9 Å². The number of rotatable bonds is 5. The van der Waals surface area contributed by atoms with E-state index in [-0.39, 0.29) is 29.4 Å². The first-order chi connectivity index (χ1) is 17.6. The predicted octanol–water partition coefficient (Wildman–Crippen LogP) is 6.12. The summed E-state index contributed by atoms with van der Waals surface area (Å²) in [6.45, 7) is 5.42. The number of pyridine rings is 1. The Labute approximate surface area is 219 Å². The largest absolute Gasteiger partial charge is 0.449 e. The maximum Gasteiger partial charge on any atom is 0.412 e. The van der Waals surface area contributed by atoms with Crippen LogP contribution in [0.1, 0.15) is 57.0 Å². The van der Waals surface area contributed by atoms with Crippen LogP contribution in [-0.4, -0.2) is 40.8 Å². The second-order valence-corrected chi connectivity index (χ2v) is 10.2. The van der Waals surface area contributed by atoms with Gasteiger partial charge in [0.25, 0.3) is 5.91 Å². The number of nitrogens with one attached hydrogen (secondary N) is 3. The van der Waals surface area contributed by atoms with Gasteiger partial charge in [-0.1, -0.05) is 23.7 Å². The van der Waals surface area contributed by atoms with E-state index >= 15 is 0 Å². The van der Waals surface area contributed by atoms with E-state index < -0.39 is 23.7 Å². The Hall–Kier alpha value is -3.79.